The monoisotopic (exact) mass is 419 g/mol. The van der Waals surface area contributed by atoms with Gasteiger partial charge in [0.15, 0.2) is 5.75 Å². The number of pyridine rings is 1. The van der Waals surface area contributed by atoms with E-state index in [-0.39, 0.29) is 17.6 Å². The van der Waals surface area contributed by atoms with Crippen LogP contribution in [0.4, 0.5) is 10.1 Å². The van der Waals surface area contributed by atoms with Crippen LogP contribution in [0.25, 0.3) is 0 Å². The standard InChI is InChI=1S/C19H19BrFN3O2/c20-16-9-22-10-17-18(16)26-7-6-24(17)19(25)14-4-5-23(12-14)11-13-2-1-3-15(21)8-13/h1-3,8-10,14H,4-7,11-12H2/t14-/m0/s1. The maximum atomic E-state index is 13.4. The summed E-state index contributed by atoms with van der Waals surface area (Å²) in [7, 11) is 0. The summed E-state index contributed by atoms with van der Waals surface area (Å²) in [5, 5.41) is 0. The van der Waals surface area contributed by atoms with Gasteiger partial charge in [0.25, 0.3) is 0 Å². The number of hydrogen-bond acceptors (Lipinski definition) is 4. The lowest BCUT2D eigenvalue weighted by molar-refractivity contribution is -0.122. The molecule has 0 saturated carbocycles. The van der Waals surface area contributed by atoms with Crippen LogP contribution in [-0.4, -0.2) is 42.0 Å². The van der Waals surface area contributed by atoms with Gasteiger partial charge in [-0.1, -0.05) is 12.1 Å². The molecule has 0 N–H and O–H groups in total. The van der Waals surface area contributed by atoms with Crippen molar-refractivity contribution in [3.05, 3.63) is 52.5 Å². The molecule has 3 heterocycles. The average molecular weight is 420 g/mol. The molecule has 2 aliphatic heterocycles. The number of carbonyl (C=O) groups is 1. The molecule has 2 aliphatic rings. The predicted octanol–water partition coefficient (Wildman–Crippen LogP) is 3.23. The fraction of sp³-hybridized carbons (Fsp3) is 0.368. The molecule has 0 bridgehead atoms. The molecule has 7 heteroatoms. The lowest BCUT2D eigenvalue weighted by atomic mass is 10.1. The summed E-state index contributed by atoms with van der Waals surface area (Å²) in [6.45, 7) is 3.18. The van der Waals surface area contributed by atoms with Gasteiger partial charge in [0.05, 0.1) is 23.1 Å². The van der Waals surface area contributed by atoms with E-state index in [0.29, 0.717) is 32.0 Å². The minimum absolute atomic E-state index is 0.0616. The Morgan fingerprint density at radius 2 is 2.23 bits per heavy atom. The van der Waals surface area contributed by atoms with Crippen molar-refractivity contribution in [1.82, 2.24) is 9.88 Å². The first-order valence-corrected chi connectivity index (χ1v) is 9.45. The Morgan fingerprint density at radius 1 is 1.35 bits per heavy atom. The largest absolute Gasteiger partial charge is 0.488 e. The summed E-state index contributed by atoms with van der Waals surface area (Å²) < 4.78 is 19.8. The van der Waals surface area contributed by atoms with Crippen LogP contribution in [0.15, 0.2) is 41.1 Å². The van der Waals surface area contributed by atoms with Crippen LogP contribution in [0.5, 0.6) is 5.75 Å². The van der Waals surface area contributed by atoms with Gasteiger partial charge in [-0.25, -0.2) is 4.39 Å². The predicted molar refractivity (Wildman–Crippen MR) is 99.6 cm³/mol. The van der Waals surface area contributed by atoms with Gasteiger partial charge in [-0.2, -0.15) is 0 Å². The summed E-state index contributed by atoms with van der Waals surface area (Å²) >= 11 is 3.43. The van der Waals surface area contributed by atoms with Crippen LogP contribution in [-0.2, 0) is 11.3 Å². The highest BCUT2D eigenvalue weighted by Gasteiger charge is 2.34. The van der Waals surface area contributed by atoms with Crippen LogP contribution in [0.2, 0.25) is 0 Å². The van der Waals surface area contributed by atoms with Gasteiger partial charge in [-0.3, -0.25) is 14.7 Å². The van der Waals surface area contributed by atoms with Crippen LogP contribution in [0.1, 0.15) is 12.0 Å². The number of fused-ring (bicyclic) bond motifs is 1. The van der Waals surface area contributed by atoms with Crippen molar-refractivity contribution in [3.8, 4) is 5.75 Å². The van der Waals surface area contributed by atoms with Gasteiger partial charge in [-0.05, 0) is 46.6 Å². The van der Waals surface area contributed by atoms with Crippen molar-refractivity contribution in [3.63, 3.8) is 0 Å². The number of ether oxygens (including phenoxy) is 1. The number of amides is 1. The average Bonchev–Trinajstić information content (AvgIpc) is 3.09. The second kappa shape index (κ2) is 7.32. The lowest BCUT2D eigenvalue weighted by Crippen LogP contribution is -2.42. The number of aromatic nitrogens is 1. The van der Waals surface area contributed by atoms with Crippen molar-refractivity contribution < 1.29 is 13.9 Å². The minimum atomic E-state index is -0.225. The number of carbonyl (C=O) groups excluding carboxylic acids is 1. The number of likely N-dealkylation sites (tertiary alicyclic amines) is 1. The quantitative estimate of drug-likeness (QED) is 0.765. The van der Waals surface area contributed by atoms with Crippen molar-refractivity contribution in [2.45, 2.75) is 13.0 Å². The van der Waals surface area contributed by atoms with Gasteiger partial charge in [0, 0.05) is 19.3 Å². The SMILES string of the molecule is O=C([C@H]1CCN(Cc2cccc(F)c2)C1)N1CCOc2c(Br)cncc21. The maximum Gasteiger partial charge on any atom is 0.231 e. The number of rotatable bonds is 3. The van der Waals surface area contributed by atoms with Crippen molar-refractivity contribution in [1.29, 1.82) is 0 Å². The smallest absolute Gasteiger partial charge is 0.231 e. The Labute approximate surface area is 159 Å². The highest BCUT2D eigenvalue weighted by molar-refractivity contribution is 9.10. The van der Waals surface area contributed by atoms with E-state index in [1.54, 1.807) is 29.4 Å². The van der Waals surface area contributed by atoms with E-state index in [1.165, 1.54) is 6.07 Å². The molecule has 5 nitrogen and oxygen atoms in total. The van der Waals surface area contributed by atoms with Crippen molar-refractivity contribution in [2.24, 2.45) is 5.92 Å². The van der Waals surface area contributed by atoms with E-state index < -0.39 is 0 Å². The van der Waals surface area contributed by atoms with E-state index in [0.717, 1.165) is 28.7 Å². The van der Waals surface area contributed by atoms with Crippen molar-refractivity contribution in [2.75, 3.05) is 31.1 Å². The molecule has 0 aliphatic carbocycles. The molecule has 1 aromatic carbocycles. The molecule has 4 rings (SSSR count). The summed E-state index contributed by atoms with van der Waals surface area (Å²) in [4.78, 5) is 21.2. The number of halogens is 2. The van der Waals surface area contributed by atoms with E-state index >= 15 is 0 Å². The Bertz CT molecular complexity index is 832. The maximum absolute atomic E-state index is 13.4. The molecule has 0 unspecified atom stereocenters. The van der Waals surface area contributed by atoms with E-state index in [1.807, 2.05) is 6.07 Å². The number of nitrogens with zero attached hydrogens (tertiary/aromatic N) is 3. The second-order valence-corrected chi connectivity index (χ2v) is 7.51. The zero-order valence-corrected chi connectivity index (χ0v) is 15.8. The topological polar surface area (TPSA) is 45.7 Å². The van der Waals surface area contributed by atoms with Gasteiger partial charge in [-0.15, -0.1) is 0 Å². The van der Waals surface area contributed by atoms with E-state index in [4.69, 9.17) is 4.74 Å². The first kappa shape index (κ1) is 17.4. The number of benzene rings is 1. The second-order valence-electron chi connectivity index (χ2n) is 6.66. The van der Waals surface area contributed by atoms with Crippen LogP contribution in [0, 0.1) is 11.7 Å². The molecular weight excluding hydrogens is 401 g/mol. The first-order chi connectivity index (χ1) is 12.6. The molecule has 1 fully saturated rings. The third-order valence-corrected chi connectivity index (χ3v) is 5.43. The summed E-state index contributed by atoms with van der Waals surface area (Å²) in [5.41, 5.74) is 1.65. The molecule has 1 saturated heterocycles. The Balaban J connectivity index is 1.45. The van der Waals surface area contributed by atoms with E-state index in [9.17, 15) is 9.18 Å². The lowest BCUT2D eigenvalue weighted by Gasteiger charge is -2.31. The van der Waals surface area contributed by atoms with Crippen molar-refractivity contribution >= 4 is 27.5 Å². The molecule has 1 aromatic heterocycles. The van der Waals surface area contributed by atoms with Gasteiger partial charge in [0.2, 0.25) is 5.91 Å². The fourth-order valence-electron chi connectivity index (χ4n) is 3.63. The molecule has 136 valence electrons. The normalized spacial score (nSPS) is 19.9. The van der Waals surface area contributed by atoms with Gasteiger partial charge < -0.3 is 9.64 Å². The van der Waals surface area contributed by atoms with E-state index in [2.05, 4.69) is 25.8 Å². The zero-order valence-electron chi connectivity index (χ0n) is 14.2. The molecule has 1 amide bonds. The summed E-state index contributed by atoms with van der Waals surface area (Å²) in [6, 6.07) is 6.64. The van der Waals surface area contributed by atoms with Gasteiger partial charge >= 0.3 is 0 Å². The number of hydrogen-bond donors (Lipinski definition) is 0. The molecule has 0 spiro atoms. The molecule has 1 atom stereocenters. The Morgan fingerprint density at radius 3 is 3.08 bits per heavy atom. The summed E-state index contributed by atoms with van der Waals surface area (Å²) in [5.74, 6) is 0.497. The molecule has 26 heavy (non-hydrogen) atoms. The fourth-order valence-corrected chi connectivity index (χ4v) is 4.06. The minimum Gasteiger partial charge on any atom is -0.488 e. The third-order valence-electron chi connectivity index (χ3n) is 4.87. The van der Waals surface area contributed by atoms with Crippen LogP contribution >= 0.6 is 15.9 Å². The Kier molecular flexibility index (Phi) is 4.91. The molecule has 2 aromatic rings. The highest BCUT2D eigenvalue weighted by atomic mass is 79.9. The zero-order chi connectivity index (χ0) is 18.1. The Hall–Kier alpha value is -1.99. The van der Waals surface area contributed by atoms with Crippen LogP contribution in [0.3, 0.4) is 0 Å². The van der Waals surface area contributed by atoms with Crippen LogP contribution < -0.4 is 9.64 Å². The molecular formula is C19H19BrFN3O2. The highest BCUT2D eigenvalue weighted by Crippen LogP contribution is 2.38. The first-order valence-electron chi connectivity index (χ1n) is 8.66. The molecule has 0 radical (unpaired) electrons. The number of anilines is 1. The van der Waals surface area contributed by atoms with Gasteiger partial charge in [0.1, 0.15) is 18.1 Å². The third kappa shape index (κ3) is 3.46. The summed E-state index contributed by atoms with van der Waals surface area (Å²) in [6.07, 6.45) is 4.15.